The number of nitrogens with zero attached hydrogens (tertiary/aromatic N) is 4. The second-order valence-corrected chi connectivity index (χ2v) is 10.9. The summed E-state index contributed by atoms with van der Waals surface area (Å²) in [6.07, 6.45) is 3.26. The summed E-state index contributed by atoms with van der Waals surface area (Å²) < 4.78 is 0. The third-order valence-electron chi connectivity index (χ3n) is 7.84. The van der Waals surface area contributed by atoms with Crippen molar-refractivity contribution in [1.82, 2.24) is 19.8 Å². The Bertz CT molecular complexity index is 1620. The Hall–Kier alpha value is -4.48. The highest BCUT2D eigenvalue weighted by atomic mass is 35.5. The van der Waals surface area contributed by atoms with Crippen LogP contribution in [0.5, 0.6) is 0 Å². The monoisotopic (exact) mass is 587 g/mol. The Morgan fingerprint density at radius 3 is 2.74 bits per heavy atom. The highest BCUT2D eigenvalue weighted by Gasteiger charge is 2.37. The number of fused-ring (bicyclic) bond motifs is 2. The van der Waals surface area contributed by atoms with Gasteiger partial charge in [-0.15, -0.1) is 0 Å². The fraction of sp³-hybridized carbons (Fsp3) is 0.300. The van der Waals surface area contributed by atoms with E-state index in [1.165, 1.54) is 12.3 Å². The fourth-order valence-corrected chi connectivity index (χ4v) is 5.92. The molecule has 2 aliphatic heterocycles. The number of nitrogens with two attached hydrogens (primary N) is 1. The number of pyridine rings is 2. The molecule has 0 spiro atoms. The Morgan fingerprint density at radius 1 is 1.29 bits per heavy atom. The molecule has 218 valence electrons. The molecule has 1 amide bonds. The predicted octanol–water partition coefficient (Wildman–Crippen LogP) is 4.24. The van der Waals surface area contributed by atoms with Crippen LogP contribution in [0.25, 0.3) is 11.3 Å². The van der Waals surface area contributed by atoms with Crippen molar-refractivity contribution < 1.29 is 9.90 Å². The van der Waals surface area contributed by atoms with Crippen molar-refractivity contribution in [1.29, 1.82) is 10.8 Å². The molecule has 3 aromatic rings. The Kier molecular flexibility index (Phi) is 7.89. The third-order valence-corrected chi connectivity index (χ3v) is 8.21. The molecule has 2 aliphatic rings. The number of hydrogen-bond acceptors (Lipinski definition) is 9. The molecular formula is C30H34ClN9O2. The quantitative estimate of drug-likeness (QED) is 0.141. The number of aromatic nitrogens is 2. The molecule has 0 bridgehead atoms. The first-order chi connectivity index (χ1) is 20.1. The summed E-state index contributed by atoms with van der Waals surface area (Å²) in [4.78, 5) is 25.5. The number of halogens is 1. The van der Waals surface area contributed by atoms with Gasteiger partial charge in [0.2, 0.25) is 5.91 Å². The lowest BCUT2D eigenvalue weighted by atomic mass is 9.96. The summed E-state index contributed by atoms with van der Waals surface area (Å²) in [5.74, 6) is 0.384. The minimum absolute atomic E-state index is 0.152. The van der Waals surface area contributed by atoms with E-state index in [9.17, 15) is 15.3 Å². The first-order valence-electron chi connectivity index (χ1n) is 13.6. The summed E-state index contributed by atoms with van der Waals surface area (Å²) in [7, 11) is 0. The average Bonchev–Trinajstić information content (AvgIpc) is 3.12. The predicted molar refractivity (Wildman–Crippen MR) is 167 cm³/mol. The number of benzene rings is 1. The maximum atomic E-state index is 12.4. The molecule has 5 rings (SSSR count). The number of amides is 1. The van der Waals surface area contributed by atoms with E-state index in [1.807, 2.05) is 30.9 Å². The van der Waals surface area contributed by atoms with Gasteiger partial charge in [0, 0.05) is 55.4 Å². The molecule has 1 fully saturated rings. The summed E-state index contributed by atoms with van der Waals surface area (Å²) in [6, 6.07) is 5.22. The lowest BCUT2D eigenvalue weighted by Gasteiger charge is -2.41. The minimum Gasteiger partial charge on any atom is -0.398 e. The Balaban J connectivity index is 1.74. The van der Waals surface area contributed by atoms with Crippen molar-refractivity contribution in [3.05, 3.63) is 70.0 Å². The molecule has 0 radical (unpaired) electrons. The lowest BCUT2D eigenvalue weighted by Crippen LogP contribution is -2.57. The van der Waals surface area contributed by atoms with Gasteiger partial charge in [0.1, 0.15) is 11.7 Å². The van der Waals surface area contributed by atoms with Crippen LogP contribution in [0.1, 0.15) is 41.0 Å². The van der Waals surface area contributed by atoms with Gasteiger partial charge in [0.15, 0.2) is 0 Å². The van der Waals surface area contributed by atoms with Gasteiger partial charge >= 0.3 is 0 Å². The van der Waals surface area contributed by atoms with Gasteiger partial charge in [-0.1, -0.05) is 24.2 Å². The van der Waals surface area contributed by atoms with Crippen molar-refractivity contribution in [2.45, 2.75) is 32.9 Å². The normalized spacial score (nSPS) is 17.0. The van der Waals surface area contributed by atoms with Gasteiger partial charge in [0.25, 0.3) is 0 Å². The number of aryl methyl sites for hydroxylation is 2. The number of aliphatic hydroxyl groups is 1. The summed E-state index contributed by atoms with van der Waals surface area (Å²) in [5.41, 5.74) is 11.8. The number of carbonyl (C=O) groups is 1. The average molecular weight is 588 g/mol. The molecule has 7 N–H and O–H groups in total. The maximum absolute atomic E-state index is 12.4. The molecule has 2 aromatic heterocycles. The van der Waals surface area contributed by atoms with E-state index in [2.05, 4.69) is 22.2 Å². The number of nitrogens with one attached hydrogen (secondary N) is 4. The van der Waals surface area contributed by atoms with Crippen LogP contribution in [0.2, 0.25) is 5.02 Å². The molecule has 2 unspecified atom stereocenters. The van der Waals surface area contributed by atoms with Crippen LogP contribution in [0, 0.1) is 24.7 Å². The highest BCUT2D eigenvalue weighted by Crippen LogP contribution is 2.44. The summed E-state index contributed by atoms with van der Waals surface area (Å²) in [6.45, 7) is 10.8. The van der Waals surface area contributed by atoms with Crippen LogP contribution in [0.4, 0.5) is 22.9 Å². The van der Waals surface area contributed by atoms with E-state index in [4.69, 9.17) is 27.7 Å². The van der Waals surface area contributed by atoms with Crippen LogP contribution >= 0.6 is 11.6 Å². The van der Waals surface area contributed by atoms with E-state index in [0.717, 1.165) is 11.1 Å². The number of aliphatic hydroxyl groups excluding tert-OH is 1. The van der Waals surface area contributed by atoms with E-state index >= 15 is 0 Å². The number of rotatable bonds is 6. The molecule has 1 aromatic carbocycles. The molecule has 2 atom stereocenters. The van der Waals surface area contributed by atoms with E-state index in [0.29, 0.717) is 77.1 Å². The molecular weight excluding hydrogens is 554 g/mol. The molecule has 0 aliphatic carbocycles. The van der Waals surface area contributed by atoms with Crippen LogP contribution < -0.4 is 16.4 Å². The number of piperazine rings is 1. The van der Waals surface area contributed by atoms with Crippen molar-refractivity contribution in [3.63, 3.8) is 0 Å². The molecule has 1 saturated heterocycles. The number of hydrogen-bond donors (Lipinski definition) is 6. The molecule has 0 saturated carbocycles. The second-order valence-electron chi connectivity index (χ2n) is 10.5. The largest absolute Gasteiger partial charge is 0.398 e. The SMILES string of the molecule is C=CC(=O)N1CCN2C(=N)c3c(Nc4c(C)ccnc4C(C)O)nc(-c4c(C)ccc(N)c4C=N)c(Cl)c3NCC2C1. The molecule has 4 heterocycles. The number of amidine groups is 1. The van der Waals surface area contributed by atoms with Crippen molar-refractivity contribution in [2.24, 2.45) is 0 Å². The fourth-order valence-electron chi connectivity index (χ4n) is 5.62. The van der Waals surface area contributed by atoms with Crippen molar-refractivity contribution in [2.75, 3.05) is 42.5 Å². The number of anilines is 4. The number of carbonyl (C=O) groups excluding carboxylic acids is 1. The van der Waals surface area contributed by atoms with Gasteiger partial charge in [0.05, 0.1) is 45.5 Å². The zero-order valence-electron chi connectivity index (χ0n) is 23.8. The van der Waals surface area contributed by atoms with Crippen LogP contribution in [0.15, 0.2) is 37.1 Å². The third kappa shape index (κ3) is 4.94. The van der Waals surface area contributed by atoms with Gasteiger partial charge in [-0.2, -0.15) is 0 Å². The van der Waals surface area contributed by atoms with Crippen LogP contribution in [0.3, 0.4) is 0 Å². The van der Waals surface area contributed by atoms with E-state index in [-0.39, 0.29) is 22.8 Å². The van der Waals surface area contributed by atoms with Gasteiger partial charge in [-0.3, -0.25) is 15.2 Å². The second kappa shape index (κ2) is 11.4. The first-order valence-corrected chi connectivity index (χ1v) is 14.0. The van der Waals surface area contributed by atoms with Gasteiger partial charge < -0.3 is 36.7 Å². The van der Waals surface area contributed by atoms with Crippen molar-refractivity contribution in [3.8, 4) is 11.3 Å². The minimum atomic E-state index is -0.865. The van der Waals surface area contributed by atoms with Crippen molar-refractivity contribution >= 4 is 52.4 Å². The van der Waals surface area contributed by atoms with Crippen LogP contribution in [-0.2, 0) is 4.79 Å². The standard InChI is InChI=1S/C30H34ClN9O2/c1-5-21(42)39-10-11-40-18(14-39)13-36-27-23(29(40)34)30(37-25-16(3)8-9-35-26(25)17(4)41)38-28(24(27)31)22-15(2)6-7-20(33)19(22)12-32/h5-9,12,17-18,32,34,36,41H,1,10-11,13-14,33H2,2-4H3,(H,37,38). The van der Waals surface area contributed by atoms with E-state index in [1.54, 1.807) is 24.1 Å². The van der Waals surface area contributed by atoms with Gasteiger partial charge in [-0.05, 0) is 50.1 Å². The lowest BCUT2D eigenvalue weighted by molar-refractivity contribution is -0.128. The first kappa shape index (κ1) is 29.0. The van der Waals surface area contributed by atoms with Gasteiger partial charge in [-0.25, -0.2) is 4.98 Å². The highest BCUT2D eigenvalue weighted by molar-refractivity contribution is 6.37. The zero-order chi connectivity index (χ0) is 30.3. The number of nitrogen functional groups attached to an aromatic ring is 1. The summed E-state index contributed by atoms with van der Waals surface area (Å²) >= 11 is 7.13. The Labute approximate surface area is 249 Å². The van der Waals surface area contributed by atoms with E-state index < -0.39 is 6.10 Å². The maximum Gasteiger partial charge on any atom is 0.246 e. The zero-order valence-corrected chi connectivity index (χ0v) is 24.5. The molecule has 12 heteroatoms. The summed E-state index contributed by atoms with van der Waals surface area (Å²) in [5, 5.41) is 35.1. The van der Waals surface area contributed by atoms with Crippen LogP contribution in [-0.4, -0.2) is 75.1 Å². The molecule has 42 heavy (non-hydrogen) atoms. The smallest absolute Gasteiger partial charge is 0.246 e. The Morgan fingerprint density at radius 2 is 2.05 bits per heavy atom. The molecule has 11 nitrogen and oxygen atoms in total. The topological polar surface area (TPSA) is 167 Å².